The molecule has 0 bridgehead atoms. The van der Waals surface area contributed by atoms with Crippen LogP contribution in [0.25, 0.3) is 0 Å². The number of likely N-dealkylation sites (tertiary alicyclic amines) is 1. The summed E-state index contributed by atoms with van der Waals surface area (Å²) in [6, 6.07) is 15.9. The van der Waals surface area contributed by atoms with Crippen LogP contribution in [0.5, 0.6) is 5.75 Å². The largest absolute Gasteiger partial charge is 0.495 e. The lowest BCUT2D eigenvalue weighted by Crippen LogP contribution is -2.30. The summed E-state index contributed by atoms with van der Waals surface area (Å²) in [4.78, 5) is 27.0. The SMILES string of the molecule is COc1ccc(C(C)(C)C)cc1NC(=O)[C@@H]1CC(=O)N(CCc2ccccc2)C1. The van der Waals surface area contributed by atoms with E-state index in [1.165, 1.54) is 5.56 Å². The minimum Gasteiger partial charge on any atom is -0.495 e. The Bertz CT molecular complexity index is 871. The highest BCUT2D eigenvalue weighted by Gasteiger charge is 2.34. The number of amides is 2. The molecule has 0 aromatic heterocycles. The molecule has 29 heavy (non-hydrogen) atoms. The summed E-state index contributed by atoms with van der Waals surface area (Å²) in [7, 11) is 1.59. The van der Waals surface area contributed by atoms with Gasteiger partial charge in [-0.15, -0.1) is 0 Å². The third-order valence-corrected chi connectivity index (χ3v) is 5.42. The maximum Gasteiger partial charge on any atom is 0.229 e. The highest BCUT2D eigenvalue weighted by atomic mass is 16.5. The number of rotatable bonds is 6. The Balaban J connectivity index is 1.65. The first kappa shape index (κ1) is 20.9. The molecule has 5 heteroatoms. The van der Waals surface area contributed by atoms with Gasteiger partial charge in [-0.05, 0) is 35.1 Å². The van der Waals surface area contributed by atoms with Crippen molar-refractivity contribution >= 4 is 17.5 Å². The van der Waals surface area contributed by atoms with Crippen molar-refractivity contribution in [2.24, 2.45) is 5.92 Å². The van der Waals surface area contributed by atoms with Crippen LogP contribution in [-0.4, -0.2) is 36.9 Å². The van der Waals surface area contributed by atoms with Crippen LogP contribution in [0.2, 0.25) is 0 Å². The number of methoxy groups -OCH3 is 1. The molecule has 1 atom stereocenters. The van der Waals surface area contributed by atoms with Gasteiger partial charge in [0.2, 0.25) is 11.8 Å². The van der Waals surface area contributed by atoms with Crippen molar-refractivity contribution in [1.82, 2.24) is 4.90 Å². The van der Waals surface area contributed by atoms with E-state index < -0.39 is 0 Å². The Morgan fingerprint density at radius 3 is 2.55 bits per heavy atom. The van der Waals surface area contributed by atoms with Gasteiger partial charge in [0.15, 0.2) is 0 Å². The van der Waals surface area contributed by atoms with Crippen molar-refractivity contribution in [1.29, 1.82) is 0 Å². The van der Waals surface area contributed by atoms with Crippen LogP contribution >= 0.6 is 0 Å². The van der Waals surface area contributed by atoms with Crippen molar-refractivity contribution < 1.29 is 14.3 Å². The van der Waals surface area contributed by atoms with Gasteiger partial charge in [0.25, 0.3) is 0 Å². The Morgan fingerprint density at radius 1 is 1.17 bits per heavy atom. The third kappa shape index (κ3) is 5.17. The van der Waals surface area contributed by atoms with Crippen LogP contribution in [0.3, 0.4) is 0 Å². The fourth-order valence-corrected chi connectivity index (χ4v) is 3.58. The summed E-state index contributed by atoms with van der Waals surface area (Å²) in [5.41, 5.74) is 2.92. The van der Waals surface area contributed by atoms with E-state index in [2.05, 4.69) is 38.2 Å². The maximum atomic E-state index is 12.9. The van der Waals surface area contributed by atoms with Gasteiger partial charge in [0.05, 0.1) is 18.7 Å². The fraction of sp³-hybridized carbons (Fsp3) is 0.417. The molecule has 154 valence electrons. The molecule has 2 aromatic rings. The molecule has 1 aliphatic heterocycles. The Labute approximate surface area is 173 Å². The molecule has 2 aromatic carbocycles. The lowest BCUT2D eigenvalue weighted by Gasteiger charge is -2.22. The van der Waals surface area contributed by atoms with Gasteiger partial charge >= 0.3 is 0 Å². The van der Waals surface area contributed by atoms with E-state index in [0.29, 0.717) is 24.5 Å². The molecular formula is C24H30N2O3. The molecule has 1 aliphatic rings. The molecule has 0 radical (unpaired) electrons. The number of benzene rings is 2. The second kappa shape index (κ2) is 8.68. The normalized spacial score (nSPS) is 16.8. The monoisotopic (exact) mass is 394 g/mol. The number of anilines is 1. The number of nitrogens with zero attached hydrogens (tertiary/aromatic N) is 1. The summed E-state index contributed by atoms with van der Waals surface area (Å²) < 4.78 is 5.41. The molecule has 0 saturated carbocycles. The van der Waals surface area contributed by atoms with Gasteiger partial charge < -0.3 is 15.0 Å². The van der Waals surface area contributed by atoms with Crippen molar-refractivity contribution in [2.75, 3.05) is 25.5 Å². The van der Waals surface area contributed by atoms with Gasteiger partial charge in [-0.2, -0.15) is 0 Å². The second-order valence-corrected chi connectivity index (χ2v) is 8.63. The van der Waals surface area contributed by atoms with E-state index in [-0.39, 0.29) is 29.6 Å². The number of carbonyl (C=O) groups excluding carboxylic acids is 2. The number of nitrogens with one attached hydrogen (secondary N) is 1. The number of carbonyl (C=O) groups is 2. The molecule has 1 N–H and O–H groups in total. The molecule has 3 rings (SSSR count). The fourth-order valence-electron chi connectivity index (χ4n) is 3.58. The van der Waals surface area contributed by atoms with Gasteiger partial charge in [-0.3, -0.25) is 9.59 Å². The molecule has 1 heterocycles. The molecule has 0 aliphatic carbocycles. The summed E-state index contributed by atoms with van der Waals surface area (Å²) in [6.45, 7) is 7.47. The Kier molecular flexibility index (Phi) is 6.26. The third-order valence-electron chi connectivity index (χ3n) is 5.42. The van der Waals surface area contributed by atoms with E-state index in [0.717, 1.165) is 12.0 Å². The first-order valence-electron chi connectivity index (χ1n) is 10.1. The summed E-state index contributed by atoms with van der Waals surface area (Å²) in [6.07, 6.45) is 1.05. The lowest BCUT2D eigenvalue weighted by molar-refractivity contribution is -0.128. The van der Waals surface area contributed by atoms with Crippen LogP contribution in [-0.2, 0) is 21.4 Å². The van der Waals surface area contributed by atoms with Gasteiger partial charge in [-0.1, -0.05) is 57.2 Å². The van der Waals surface area contributed by atoms with Gasteiger partial charge in [0, 0.05) is 19.5 Å². The molecular weight excluding hydrogens is 364 g/mol. The number of ether oxygens (including phenoxy) is 1. The Hall–Kier alpha value is -2.82. The summed E-state index contributed by atoms with van der Waals surface area (Å²) in [5, 5.41) is 2.99. The van der Waals surface area contributed by atoms with Gasteiger partial charge in [-0.25, -0.2) is 0 Å². The van der Waals surface area contributed by atoms with Crippen LogP contribution in [0, 0.1) is 5.92 Å². The zero-order valence-electron chi connectivity index (χ0n) is 17.7. The molecule has 1 saturated heterocycles. The average Bonchev–Trinajstić information content (AvgIpc) is 3.07. The first-order valence-corrected chi connectivity index (χ1v) is 10.1. The topological polar surface area (TPSA) is 58.6 Å². The Morgan fingerprint density at radius 2 is 1.90 bits per heavy atom. The van der Waals surface area contributed by atoms with Crippen LogP contribution < -0.4 is 10.1 Å². The summed E-state index contributed by atoms with van der Waals surface area (Å²) in [5.74, 6) is 0.180. The zero-order chi connectivity index (χ0) is 21.0. The summed E-state index contributed by atoms with van der Waals surface area (Å²) >= 11 is 0. The quantitative estimate of drug-likeness (QED) is 0.805. The van der Waals surface area contributed by atoms with Crippen molar-refractivity contribution in [3.8, 4) is 5.75 Å². The van der Waals surface area contributed by atoms with E-state index in [9.17, 15) is 9.59 Å². The smallest absolute Gasteiger partial charge is 0.229 e. The van der Waals surface area contributed by atoms with Gasteiger partial charge in [0.1, 0.15) is 5.75 Å². The predicted octanol–water partition coefficient (Wildman–Crippen LogP) is 4.02. The van der Waals surface area contributed by atoms with Crippen molar-refractivity contribution in [3.05, 3.63) is 59.7 Å². The predicted molar refractivity (Wildman–Crippen MR) is 115 cm³/mol. The second-order valence-electron chi connectivity index (χ2n) is 8.63. The zero-order valence-corrected chi connectivity index (χ0v) is 17.7. The molecule has 2 amide bonds. The molecule has 0 spiro atoms. The van der Waals surface area contributed by atoms with E-state index in [1.54, 1.807) is 12.0 Å². The first-order chi connectivity index (χ1) is 13.8. The molecule has 1 fully saturated rings. The maximum absolute atomic E-state index is 12.9. The number of hydrogen-bond acceptors (Lipinski definition) is 3. The van der Waals surface area contributed by atoms with E-state index >= 15 is 0 Å². The standard InChI is InChI=1S/C24H30N2O3/c1-24(2,3)19-10-11-21(29-4)20(15-19)25-23(28)18-14-22(27)26(16-18)13-12-17-8-6-5-7-9-17/h5-11,15,18H,12-14,16H2,1-4H3,(H,25,28)/t18-/m1/s1. The number of hydrogen-bond donors (Lipinski definition) is 1. The van der Waals surface area contributed by atoms with Crippen molar-refractivity contribution in [3.63, 3.8) is 0 Å². The van der Waals surface area contributed by atoms with Crippen LogP contribution in [0.4, 0.5) is 5.69 Å². The minimum absolute atomic E-state index is 0.0384. The van der Waals surface area contributed by atoms with Crippen molar-refractivity contribution in [2.45, 2.75) is 39.0 Å². The van der Waals surface area contributed by atoms with E-state index in [4.69, 9.17) is 4.74 Å². The highest BCUT2D eigenvalue weighted by molar-refractivity contribution is 5.98. The molecule has 5 nitrogen and oxygen atoms in total. The van der Waals surface area contributed by atoms with Crippen LogP contribution in [0.15, 0.2) is 48.5 Å². The molecule has 0 unspecified atom stereocenters. The van der Waals surface area contributed by atoms with E-state index in [1.807, 2.05) is 36.4 Å². The van der Waals surface area contributed by atoms with Crippen LogP contribution in [0.1, 0.15) is 38.3 Å². The average molecular weight is 395 g/mol. The highest BCUT2D eigenvalue weighted by Crippen LogP contribution is 2.32. The lowest BCUT2D eigenvalue weighted by atomic mass is 9.86. The minimum atomic E-state index is -0.346.